The van der Waals surface area contributed by atoms with E-state index in [1.165, 1.54) is 4.31 Å². The van der Waals surface area contributed by atoms with Crippen LogP contribution in [0.25, 0.3) is 0 Å². The van der Waals surface area contributed by atoms with Crippen LogP contribution in [-0.4, -0.2) is 103 Å². The Morgan fingerprint density at radius 2 is 1.63 bits per heavy atom. The van der Waals surface area contributed by atoms with Crippen LogP contribution in [0.3, 0.4) is 0 Å². The number of rotatable bonds is 22. The van der Waals surface area contributed by atoms with E-state index < -0.39 is 56.6 Å². The Labute approximate surface area is 340 Å². The average Bonchev–Trinajstić information content (AvgIpc) is 3.78. The van der Waals surface area contributed by atoms with Gasteiger partial charge in [-0.25, -0.2) is 13.2 Å². The molecule has 0 radical (unpaired) electrons. The number of fused-ring (bicyclic) bond motifs is 1. The number of nitrogens with zero attached hydrogens (tertiary/aromatic N) is 1. The lowest BCUT2D eigenvalue weighted by Gasteiger charge is -2.36. The van der Waals surface area contributed by atoms with Crippen molar-refractivity contribution in [3.8, 4) is 5.75 Å². The molecule has 0 aromatic heterocycles. The van der Waals surface area contributed by atoms with Gasteiger partial charge >= 0.3 is 13.7 Å². The van der Waals surface area contributed by atoms with Gasteiger partial charge in [-0.3, -0.25) is 4.57 Å². The highest BCUT2D eigenvalue weighted by molar-refractivity contribution is 7.89. The monoisotopic (exact) mass is 856 g/mol. The summed E-state index contributed by atoms with van der Waals surface area (Å²) in [5.41, 5.74) is 1.58. The van der Waals surface area contributed by atoms with Crippen molar-refractivity contribution in [3.05, 3.63) is 59.7 Å². The first-order chi connectivity index (χ1) is 26.8. The molecule has 2 aromatic carbocycles. The molecule has 2 aliphatic heterocycles. The minimum atomic E-state index is -4.07. The molecule has 0 aliphatic carbocycles. The number of aliphatic hydroxyl groups excluding tert-OH is 1. The summed E-state index contributed by atoms with van der Waals surface area (Å²) >= 11 is 0. The number of benzene rings is 2. The van der Waals surface area contributed by atoms with Crippen molar-refractivity contribution in [2.75, 3.05) is 45.9 Å². The van der Waals surface area contributed by atoms with Crippen molar-refractivity contribution in [2.45, 2.75) is 122 Å². The van der Waals surface area contributed by atoms with E-state index in [1.54, 1.807) is 62.4 Å². The molecule has 2 heterocycles. The highest BCUT2D eigenvalue weighted by Crippen LogP contribution is 2.48. The van der Waals surface area contributed by atoms with Crippen molar-refractivity contribution in [1.29, 1.82) is 0 Å². The summed E-state index contributed by atoms with van der Waals surface area (Å²) in [5.74, 6) is 0.312. The first-order valence-corrected chi connectivity index (χ1v) is 26.1. The van der Waals surface area contributed by atoms with Gasteiger partial charge in [-0.2, -0.15) is 4.31 Å². The van der Waals surface area contributed by atoms with Crippen molar-refractivity contribution in [2.24, 2.45) is 11.8 Å². The third-order valence-corrected chi connectivity index (χ3v) is 19.1. The molecule has 2 aliphatic rings. The number of ether oxygens (including phenoxy) is 4. The Morgan fingerprint density at radius 3 is 2.23 bits per heavy atom. The van der Waals surface area contributed by atoms with Crippen LogP contribution in [0, 0.1) is 11.8 Å². The Balaban J connectivity index is 1.53. The maximum Gasteiger partial charge on any atom is 0.407 e. The summed E-state index contributed by atoms with van der Waals surface area (Å²) in [4.78, 5) is 13.5. The summed E-state index contributed by atoms with van der Waals surface area (Å²) in [6.07, 6.45) is -1.76. The zero-order valence-corrected chi connectivity index (χ0v) is 37.8. The van der Waals surface area contributed by atoms with Gasteiger partial charge in [-0.05, 0) is 86.1 Å². The number of aliphatic hydroxyl groups is 1. The minimum Gasteiger partial charge on any atom is -0.481 e. The van der Waals surface area contributed by atoms with E-state index in [-0.39, 0.29) is 67.4 Å². The molecule has 0 unspecified atom stereocenters. The van der Waals surface area contributed by atoms with Gasteiger partial charge < -0.3 is 42.8 Å². The van der Waals surface area contributed by atoms with Gasteiger partial charge in [0.05, 0.1) is 56.0 Å². The quantitative estimate of drug-likeness (QED) is 0.0897. The summed E-state index contributed by atoms with van der Waals surface area (Å²) in [6.45, 7) is 19.6. The molecule has 2 fully saturated rings. The van der Waals surface area contributed by atoms with E-state index in [0.29, 0.717) is 37.4 Å². The van der Waals surface area contributed by atoms with Crippen LogP contribution < -0.4 is 10.1 Å². The molecule has 2 aromatic rings. The molecule has 6 atom stereocenters. The Morgan fingerprint density at radius 1 is 1.00 bits per heavy atom. The van der Waals surface area contributed by atoms with E-state index >= 15 is 0 Å². The smallest absolute Gasteiger partial charge is 0.407 e. The summed E-state index contributed by atoms with van der Waals surface area (Å²) in [7, 11) is -9.53. The molecule has 0 spiro atoms. The van der Waals surface area contributed by atoms with Gasteiger partial charge in [0.1, 0.15) is 11.9 Å². The molecular weight excluding hydrogens is 792 g/mol. The lowest BCUT2D eigenvalue weighted by molar-refractivity contribution is -0.0907. The normalized spacial score (nSPS) is 20.6. The van der Waals surface area contributed by atoms with Gasteiger partial charge in [0, 0.05) is 13.1 Å². The molecule has 0 saturated carbocycles. The van der Waals surface area contributed by atoms with Gasteiger partial charge in [0.25, 0.3) is 0 Å². The number of alkyl carbamates (subject to hydrolysis) is 1. The van der Waals surface area contributed by atoms with E-state index in [2.05, 4.69) is 39.2 Å². The molecule has 57 heavy (non-hydrogen) atoms. The fourth-order valence-electron chi connectivity index (χ4n) is 6.26. The molecular formula is C40H65N2O12PSSi. The molecule has 1 amide bonds. The van der Waals surface area contributed by atoms with Crippen LogP contribution in [-0.2, 0) is 55.3 Å². The predicted octanol–water partition coefficient (Wildman–Crippen LogP) is 7.31. The second-order valence-electron chi connectivity index (χ2n) is 16.4. The first-order valence-electron chi connectivity index (χ1n) is 20.0. The van der Waals surface area contributed by atoms with Crippen LogP contribution in [0.1, 0.15) is 72.4 Å². The molecule has 14 nitrogen and oxygen atoms in total. The summed E-state index contributed by atoms with van der Waals surface area (Å²) in [5, 5.41) is 14.7. The van der Waals surface area contributed by atoms with Crippen molar-refractivity contribution in [3.63, 3.8) is 0 Å². The molecule has 322 valence electrons. The molecule has 2 saturated heterocycles. The van der Waals surface area contributed by atoms with Crippen molar-refractivity contribution in [1.82, 2.24) is 9.62 Å². The topological polar surface area (TPSA) is 168 Å². The van der Waals surface area contributed by atoms with Crippen LogP contribution in [0.4, 0.5) is 4.79 Å². The van der Waals surface area contributed by atoms with Crippen LogP contribution in [0.15, 0.2) is 53.4 Å². The third kappa shape index (κ3) is 13.3. The van der Waals surface area contributed by atoms with E-state index in [0.717, 1.165) is 5.56 Å². The first kappa shape index (κ1) is 47.3. The number of hydrogen-bond donors (Lipinski definition) is 2. The second-order valence-corrected chi connectivity index (χ2v) is 25.1. The summed E-state index contributed by atoms with van der Waals surface area (Å²) < 4.78 is 82.4. The van der Waals surface area contributed by atoms with Gasteiger partial charge in [-0.15, -0.1) is 0 Å². The number of hydrogen-bond acceptors (Lipinski definition) is 12. The largest absolute Gasteiger partial charge is 0.481 e. The fraction of sp³-hybridized carbons (Fsp3) is 0.675. The second kappa shape index (κ2) is 20.7. The molecule has 4 rings (SSSR count). The predicted molar refractivity (Wildman–Crippen MR) is 220 cm³/mol. The van der Waals surface area contributed by atoms with Gasteiger partial charge in [-0.1, -0.05) is 65.3 Å². The maximum atomic E-state index is 14.3. The number of carbonyl (C=O) groups is 1. The van der Waals surface area contributed by atoms with E-state index in [9.17, 15) is 22.9 Å². The average molecular weight is 857 g/mol. The molecule has 0 bridgehead atoms. The maximum absolute atomic E-state index is 14.3. The van der Waals surface area contributed by atoms with Gasteiger partial charge in [0.2, 0.25) is 10.0 Å². The number of nitrogens with one attached hydrogen (secondary N) is 1. The fourth-order valence-corrected chi connectivity index (χ4v) is 10.1. The van der Waals surface area contributed by atoms with Crippen LogP contribution in [0.5, 0.6) is 5.75 Å². The highest BCUT2D eigenvalue weighted by atomic mass is 32.2. The molecule has 17 heteroatoms. The standard InChI is InChI=1S/C40H65N2O12PSSi/c1-10-29(4)24-42(56(46,47)33-19-15-31(16-20-33)26-53-57(8,9)40(5,6)7)25-36(43)35(41-39(44)54-37-27-49-38-34(37)21-22-48-38)23-30-13-17-32(18-14-30)50-28-55(45,51-11-2)52-12-3/h13-20,29,34-38,43H,10-12,21-28H2,1-9H3,(H,41,44)/t29-,34-,35-,36+,37-,38+/m0/s1. The lowest BCUT2D eigenvalue weighted by atomic mass is 10.0. The van der Waals surface area contributed by atoms with E-state index in [1.807, 2.05) is 13.8 Å². The Bertz CT molecular complexity index is 1720. The van der Waals surface area contributed by atoms with Crippen LogP contribution in [0.2, 0.25) is 18.1 Å². The minimum absolute atomic E-state index is 0.0159. The Hall–Kier alpha value is -2.37. The number of carbonyl (C=O) groups excluding carboxylic acids is 1. The van der Waals surface area contributed by atoms with Gasteiger partial charge in [0.15, 0.2) is 21.0 Å². The number of amides is 1. The summed E-state index contributed by atoms with van der Waals surface area (Å²) in [6, 6.07) is 12.6. The van der Waals surface area contributed by atoms with Crippen molar-refractivity contribution < 1.29 is 55.3 Å². The molecule has 2 N–H and O–H groups in total. The van der Waals surface area contributed by atoms with Crippen molar-refractivity contribution >= 4 is 32.0 Å². The zero-order valence-electron chi connectivity index (χ0n) is 35.1. The number of sulfonamides is 1. The third-order valence-electron chi connectivity index (χ3n) is 11.0. The highest BCUT2D eigenvalue weighted by Gasteiger charge is 2.44. The SMILES string of the molecule is CCOP(=O)(COc1ccc(C[C@H](NC(=O)O[C@H]2CO[C@H]3OCC[C@H]32)[C@H](O)CN(C[C@@H](C)CC)S(=O)(=O)c2ccc(CO[Si](C)(C)C(C)(C)C)cc2)cc1)OCC. The van der Waals surface area contributed by atoms with E-state index in [4.69, 9.17) is 32.4 Å². The van der Waals surface area contributed by atoms with Crippen LogP contribution >= 0.6 is 7.60 Å². The lowest BCUT2D eigenvalue weighted by Crippen LogP contribution is -2.51. The zero-order chi connectivity index (χ0) is 42.0. The Kier molecular flexibility index (Phi) is 17.2.